The fourth-order valence-corrected chi connectivity index (χ4v) is 3.08. The Hall–Kier alpha value is -3.73. The van der Waals surface area contributed by atoms with Gasteiger partial charge in [-0.3, -0.25) is 9.59 Å². The maximum absolute atomic E-state index is 12.8. The Bertz CT molecular complexity index is 1020. The second-order valence-electron chi connectivity index (χ2n) is 6.71. The van der Waals surface area contributed by atoms with Gasteiger partial charge in [0.15, 0.2) is 12.4 Å². The highest BCUT2D eigenvalue weighted by Gasteiger charge is 2.21. The van der Waals surface area contributed by atoms with Crippen LogP contribution in [0.4, 0.5) is 0 Å². The highest BCUT2D eigenvalue weighted by atomic mass is 16.5. The van der Waals surface area contributed by atoms with E-state index in [9.17, 15) is 14.4 Å². The maximum atomic E-state index is 12.8. The molecule has 3 aromatic carbocycles. The van der Waals surface area contributed by atoms with Gasteiger partial charge in [-0.15, -0.1) is 0 Å². The number of carbonyl (C=O) groups excluding carboxylic acids is 3. The molecule has 0 heterocycles. The molecule has 0 aromatic heterocycles. The van der Waals surface area contributed by atoms with Gasteiger partial charge in [0.25, 0.3) is 5.91 Å². The zero-order valence-corrected chi connectivity index (χ0v) is 16.8. The lowest BCUT2D eigenvalue weighted by Gasteiger charge is -2.21. The van der Waals surface area contributed by atoms with E-state index in [0.717, 1.165) is 5.56 Å². The second-order valence-corrected chi connectivity index (χ2v) is 6.71. The van der Waals surface area contributed by atoms with Crippen LogP contribution in [0.25, 0.3) is 0 Å². The number of nitrogens with zero attached hydrogens (tertiary/aromatic N) is 1. The first-order valence-corrected chi connectivity index (χ1v) is 9.77. The summed E-state index contributed by atoms with van der Waals surface area (Å²) in [6, 6.07) is 24.8. The molecule has 5 nitrogen and oxygen atoms in total. The van der Waals surface area contributed by atoms with Gasteiger partial charge in [0.2, 0.25) is 0 Å². The largest absolute Gasteiger partial charge is 0.452 e. The van der Waals surface area contributed by atoms with Crippen molar-refractivity contribution in [2.45, 2.75) is 13.5 Å². The molecule has 3 rings (SSSR count). The Labute approximate surface area is 175 Å². The zero-order valence-electron chi connectivity index (χ0n) is 16.8. The van der Waals surface area contributed by atoms with Crippen LogP contribution in [-0.2, 0) is 16.1 Å². The molecule has 0 fully saturated rings. The quantitative estimate of drug-likeness (QED) is 0.421. The van der Waals surface area contributed by atoms with Crippen molar-refractivity contribution >= 4 is 17.7 Å². The van der Waals surface area contributed by atoms with Crippen LogP contribution in [0.3, 0.4) is 0 Å². The summed E-state index contributed by atoms with van der Waals surface area (Å²) in [5.74, 6) is -1.26. The highest BCUT2D eigenvalue weighted by molar-refractivity contribution is 6.14. The second kappa shape index (κ2) is 10.2. The van der Waals surface area contributed by atoms with Gasteiger partial charge in [0.1, 0.15) is 0 Å². The fraction of sp³-hybridized carbons (Fsp3) is 0.160. The molecular weight excluding hydrogens is 378 g/mol. The molecule has 3 aromatic rings. The number of ketones is 1. The number of likely N-dealkylation sites (N-methyl/N-ethyl adjacent to an activating group) is 1. The number of carbonyl (C=O) groups is 3. The van der Waals surface area contributed by atoms with Crippen molar-refractivity contribution in [2.75, 3.05) is 13.2 Å². The molecule has 0 saturated carbocycles. The predicted molar refractivity (Wildman–Crippen MR) is 114 cm³/mol. The van der Waals surface area contributed by atoms with Crippen molar-refractivity contribution in [3.8, 4) is 0 Å². The normalized spacial score (nSPS) is 10.3. The van der Waals surface area contributed by atoms with Gasteiger partial charge in [-0.1, -0.05) is 78.9 Å². The molecule has 0 radical (unpaired) electrons. The van der Waals surface area contributed by atoms with Crippen LogP contribution in [0, 0.1) is 0 Å². The van der Waals surface area contributed by atoms with E-state index in [4.69, 9.17) is 4.74 Å². The molecule has 0 atom stereocenters. The third kappa shape index (κ3) is 5.20. The molecule has 0 unspecified atom stereocenters. The summed E-state index contributed by atoms with van der Waals surface area (Å²) < 4.78 is 5.25. The molecule has 0 saturated heterocycles. The van der Waals surface area contributed by atoms with Crippen molar-refractivity contribution in [3.05, 3.63) is 107 Å². The van der Waals surface area contributed by atoms with E-state index in [1.54, 1.807) is 47.4 Å². The molecule has 0 bridgehead atoms. The van der Waals surface area contributed by atoms with Crippen molar-refractivity contribution in [1.29, 1.82) is 0 Å². The van der Waals surface area contributed by atoms with E-state index >= 15 is 0 Å². The molecule has 0 aliphatic carbocycles. The minimum atomic E-state index is -0.695. The van der Waals surface area contributed by atoms with Gasteiger partial charge in [-0.2, -0.15) is 0 Å². The highest BCUT2D eigenvalue weighted by Crippen LogP contribution is 2.16. The lowest BCUT2D eigenvalue weighted by Crippen LogP contribution is -2.34. The molecule has 0 spiro atoms. The van der Waals surface area contributed by atoms with Crippen LogP contribution >= 0.6 is 0 Å². The number of ether oxygens (including phenoxy) is 1. The summed E-state index contributed by atoms with van der Waals surface area (Å²) in [6.45, 7) is 2.43. The van der Waals surface area contributed by atoms with Gasteiger partial charge in [0, 0.05) is 24.2 Å². The summed E-state index contributed by atoms with van der Waals surface area (Å²) in [5.41, 5.74) is 1.87. The van der Waals surface area contributed by atoms with Gasteiger partial charge in [0.05, 0.1) is 5.56 Å². The van der Waals surface area contributed by atoms with Crippen LogP contribution in [0.5, 0.6) is 0 Å². The number of amides is 1. The monoisotopic (exact) mass is 401 g/mol. The van der Waals surface area contributed by atoms with E-state index in [1.807, 2.05) is 43.3 Å². The smallest absolute Gasteiger partial charge is 0.339 e. The molecule has 0 N–H and O–H groups in total. The van der Waals surface area contributed by atoms with Crippen molar-refractivity contribution < 1.29 is 19.1 Å². The first-order valence-electron chi connectivity index (χ1n) is 9.77. The average Bonchev–Trinajstić information content (AvgIpc) is 2.81. The first kappa shape index (κ1) is 21.0. The van der Waals surface area contributed by atoms with Gasteiger partial charge in [-0.25, -0.2) is 4.79 Å². The zero-order chi connectivity index (χ0) is 21.3. The van der Waals surface area contributed by atoms with Crippen LogP contribution < -0.4 is 0 Å². The molecule has 152 valence electrons. The first-order chi connectivity index (χ1) is 14.6. The Morgan fingerprint density at radius 1 is 0.767 bits per heavy atom. The third-order valence-corrected chi connectivity index (χ3v) is 4.71. The van der Waals surface area contributed by atoms with E-state index in [0.29, 0.717) is 18.7 Å². The third-order valence-electron chi connectivity index (χ3n) is 4.71. The maximum Gasteiger partial charge on any atom is 0.339 e. The summed E-state index contributed by atoms with van der Waals surface area (Å²) in [6.07, 6.45) is 0. The van der Waals surface area contributed by atoms with Crippen LogP contribution in [0.15, 0.2) is 84.9 Å². The van der Waals surface area contributed by atoms with E-state index < -0.39 is 5.97 Å². The Kier molecular flexibility index (Phi) is 7.11. The number of hydrogen-bond acceptors (Lipinski definition) is 4. The number of benzene rings is 3. The van der Waals surface area contributed by atoms with Crippen LogP contribution in [0.1, 0.15) is 38.8 Å². The van der Waals surface area contributed by atoms with Crippen LogP contribution in [0.2, 0.25) is 0 Å². The van der Waals surface area contributed by atoms with Crippen molar-refractivity contribution in [1.82, 2.24) is 4.90 Å². The SMILES string of the molecule is CCN(Cc1ccccc1)C(=O)COC(=O)c1ccccc1C(=O)c1ccccc1. The number of esters is 1. The lowest BCUT2D eigenvalue weighted by molar-refractivity contribution is -0.134. The minimum absolute atomic E-state index is 0.144. The summed E-state index contributed by atoms with van der Waals surface area (Å²) >= 11 is 0. The average molecular weight is 401 g/mol. The van der Waals surface area contributed by atoms with E-state index in [2.05, 4.69) is 0 Å². The minimum Gasteiger partial charge on any atom is -0.452 e. The molecular formula is C25H23NO4. The number of hydrogen-bond donors (Lipinski definition) is 0. The summed E-state index contributed by atoms with van der Waals surface area (Å²) in [7, 11) is 0. The lowest BCUT2D eigenvalue weighted by atomic mass is 9.98. The van der Waals surface area contributed by atoms with Crippen molar-refractivity contribution in [3.63, 3.8) is 0 Å². The topological polar surface area (TPSA) is 63.7 Å². The summed E-state index contributed by atoms with van der Waals surface area (Å²) in [5, 5.41) is 0. The Morgan fingerprint density at radius 3 is 1.97 bits per heavy atom. The predicted octanol–water partition coefficient (Wildman–Crippen LogP) is 4.12. The van der Waals surface area contributed by atoms with Crippen LogP contribution in [-0.4, -0.2) is 35.7 Å². The van der Waals surface area contributed by atoms with Gasteiger partial charge < -0.3 is 9.64 Å². The van der Waals surface area contributed by atoms with Gasteiger partial charge in [-0.05, 0) is 18.6 Å². The van der Waals surface area contributed by atoms with E-state index in [1.165, 1.54) is 6.07 Å². The summed E-state index contributed by atoms with van der Waals surface area (Å²) in [4.78, 5) is 39.6. The molecule has 0 aliphatic rings. The van der Waals surface area contributed by atoms with E-state index in [-0.39, 0.29) is 29.4 Å². The molecule has 1 amide bonds. The molecule has 0 aliphatic heterocycles. The Balaban J connectivity index is 1.67. The Morgan fingerprint density at radius 2 is 1.33 bits per heavy atom. The van der Waals surface area contributed by atoms with Gasteiger partial charge >= 0.3 is 5.97 Å². The number of rotatable bonds is 8. The fourth-order valence-electron chi connectivity index (χ4n) is 3.08. The standard InChI is InChI=1S/C25H23NO4/c1-2-26(17-19-11-5-3-6-12-19)23(27)18-30-25(29)22-16-10-9-15-21(22)24(28)20-13-7-4-8-14-20/h3-16H,2,17-18H2,1H3. The molecule has 30 heavy (non-hydrogen) atoms. The molecule has 5 heteroatoms. The van der Waals surface area contributed by atoms with Crippen molar-refractivity contribution in [2.24, 2.45) is 0 Å².